The molecule has 13 heavy (non-hydrogen) atoms. The van der Waals surface area contributed by atoms with Crippen molar-refractivity contribution < 1.29 is 4.74 Å². The van der Waals surface area contributed by atoms with Gasteiger partial charge in [0.2, 0.25) is 0 Å². The van der Waals surface area contributed by atoms with Gasteiger partial charge in [-0.2, -0.15) is 0 Å². The fourth-order valence-electron chi connectivity index (χ4n) is 1.60. The molecular formula is C10H12ClNO. The fraction of sp³-hybridized carbons (Fsp3) is 0.400. The number of ether oxygens (including phenoxy) is 1. The number of hydrogen-bond donors (Lipinski definition) is 1. The molecule has 0 saturated carbocycles. The summed E-state index contributed by atoms with van der Waals surface area (Å²) in [5, 5.41) is 0.613. The zero-order chi connectivity index (χ0) is 9.26. The number of benzene rings is 1. The summed E-state index contributed by atoms with van der Waals surface area (Å²) in [7, 11) is 0. The van der Waals surface area contributed by atoms with Gasteiger partial charge in [-0.15, -0.1) is 0 Å². The van der Waals surface area contributed by atoms with E-state index in [0.717, 1.165) is 25.0 Å². The predicted molar refractivity (Wildman–Crippen MR) is 53.8 cm³/mol. The molecule has 1 aromatic carbocycles. The van der Waals surface area contributed by atoms with E-state index < -0.39 is 0 Å². The molecule has 0 spiro atoms. The predicted octanol–water partition coefficient (Wildman–Crippen LogP) is 2.77. The molecule has 2 rings (SSSR count). The maximum Gasteiger partial charge on any atom is 0.0826 e. The van der Waals surface area contributed by atoms with E-state index >= 15 is 0 Å². The molecule has 0 aromatic heterocycles. The minimum atomic E-state index is 0.222. The second kappa shape index (κ2) is 3.56. The van der Waals surface area contributed by atoms with Gasteiger partial charge in [0.1, 0.15) is 0 Å². The molecular weight excluding hydrogens is 186 g/mol. The van der Waals surface area contributed by atoms with Crippen molar-refractivity contribution in [3.63, 3.8) is 0 Å². The molecule has 0 radical (unpaired) electrons. The Morgan fingerprint density at radius 2 is 2.31 bits per heavy atom. The monoisotopic (exact) mass is 197 g/mol. The van der Waals surface area contributed by atoms with E-state index in [2.05, 4.69) is 0 Å². The first-order chi connectivity index (χ1) is 6.27. The van der Waals surface area contributed by atoms with Crippen LogP contribution >= 0.6 is 11.6 Å². The fourth-order valence-corrected chi connectivity index (χ4v) is 1.72. The van der Waals surface area contributed by atoms with Crippen molar-refractivity contribution in [2.75, 3.05) is 12.3 Å². The van der Waals surface area contributed by atoms with Crippen molar-refractivity contribution in [2.45, 2.75) is 18.9 Å². The van der Waals surface area contributed by atoms with Gasteiger partial charge in [-0.1, -0.05) is 17.7 Å². The minimum absolute atomic E-state index is 0.222. The molecule has 1 unspecified atom stereocenters. The lowest BCUT2D eigenvalue weighted by Gasteiger charge is -2.10. The van der Waals surface area contributed by atoms with E-state index in [9.17, 15) is 0 Å². The Morgan fingerprint density at radius 1 is 1.46 bits per heavy atom. The number of nitrogens with two attached hydrogens (primary N) is 1. The van der Waals surface area contributed by atoms with Crippen molar-refractivity contribution in [1.82, 2.24) is 0 Å². The highest BCUT2D eigenvalue weighted by molar-refractivity contribution is 6.33. The van der Waals surface area contributed by atoms with Gasteiger partial charge < -0.3 is 10.5 Å². The van der Waals surface area contributed by atoms with Gasteiger partial charge in [0.05, 0.1) is 16.8 Å². The standard InChI is InChI=1S/C10H12ClNO/c11-8-4-3-7(6-9(8)12)10-2-1-5-13-10/h3-4,6,10H,1-2,5,12H2. The van der Waals surface area contributed by atoms with Crippen LogP contribution in [0.25, 0.3) is 0 Å². The molecule has 1 aliphatic rings. The first kappa shape index (κ1) is 8.85. The normalized spacial score (nSPS) is 22.1. The second-order valence-electron chi connectivity index (χ2n) is 3.28. The van der Waals surface area contributed by atoms with Gasteiger partial charge in [-0.3, -0.25) is 0 Å². The van der Waals surface area contributed by atoms with Crippen LogP contribution in [-0.2, 0) is 4.74 Å². The van der Waals surface area contributed by atoms with Crippen LogP contribution in [-0.4, -0.2) is 6.61 Å². The second-order valence-corrected chi connectivity index (χ2v) is 3.69. The van der Waals surface area contributed by atoms with Crippen LogP contribution in [0.3, 0.4) is 0 Å². The van der Waals surface area contributed by atoms with Gasteiger partial charge in [0.15, 0.2) is 0 Å². The zero-order valence-corrected chi connectivity index (χ0v) is 8.05. The summed E-state index contributed by atoms with van der Waals surface area (Å²) in [5.41, 5.74) is 7.47. The summed E-state index contributed by atoms with van der Waals surface area (Å²) in [5.74, 6) is 0. The number of nitrogen functional groups attached to an aromatic ring is 1. The maximum absolute atomic E-state index is 5.82. The summed E-state index contributed by atoms with van der Waals surface area (Å²) < 4.78 is 5.54. The average Bonchev–Trinajstić information content (AvgIpc) is 2.62. The highest BCUT2D eigenvalue weighted by Gasteiger charge is 2.17. The van der Waals surface area contributed by atoms with E-state index in [4.69, 9.17) is 22.1 Å². The average molecular weight is 198 g/mol. The first-order valence-electron chi connectivity index (χ1n) is 4.44. The van der Waals surface area contributed by atoms with Gasteiger partial charge in [0.25, 0.3) is 0 Å². The number of halogens is 1. The largest absolute Gasteiger partial charge is 0.398 e. The topological polar surface area (TPSA) is 35.2 Å². The molecule has 0 amide bonds. The van der Waals surface area contributed by atoms with Crippen LogP contribution in [0.4, 0.5) is 5.69 Å². The van der Waals surface area contributed by atoms with E-state index in [1.165, 1.54) is 0 Å². The molecule has 1 aliphatic heterocycles. The molecule has 1 heterocycles. The van der Waals surface area contributed by atoms with Crippen LogP contribution in [0.1, 0.15) is 24.5 Å². The molecule has 1 fully saturated rings. The number of anilines is 1. The summed E-state index contributed by atoms with van der Waals surface area (Å²) >= 11 is 5.82. The maximum atomic E-state index is 5.82. The van der Waals surface area contributed by atoms with E-state index in [1.54, 1.807) is 0 Å². The van der Waals surface area contributed by atoms with Crippen molar-refractivity contribution in [2.24, 2.45) is 0 Å². The zero-order valence-electron chi connectivity index (χ0n) is 7.29. The molecule has 1 saturated heterocycles. The molecule has 1 aromatic rings. The lowest BCUT2D eigenvalue weighted by atomic mass is 10.1. The molecule has 2 N–H and O–H groups in total. The highest BCUT2D eigenvalue weighted by atomic mass is 35.5. The Morgan fingerprint density at radius 3 is 2.92 bits per heavy atom. The molecule has 3 heteroatoms. The van der Waals surface area contributed by atoms with Crippen molar-refractivity contribution in [3.05, 3.63) is 28.8 Å². The van der Waals surface area contributed by atoms with E-state index in [0.29, 0.717) is 10.7 Å². The quantitative estimate of drug-likeness (QED) is 0.703. The van der Waals surface area contributed by atoms with Crippen LogP contribution < -0.4 is 5.73 Å². The van der Waals surface area contributed by atoms with Gasteiger partial charge in [0, 0.05) is 6.61 Å². The Labute approximate surface area is 82.6 Å². The molecule has 0 aliphatic carbocycles. The Kier molecular flexibility index (Phi) is 2.42. The third-order valence-electron chi connectivity index (χ3n) is 2.32. The lowest BCUT2D eigenvalue weighted by molar-refractivity contribution is 0.112. The van der Waals surface area contributed by atoms with Crippen LogP contribution in [0.2, 0.25) is 5.02 Å². The molecule has 1 atom stereocenters. The smallest absolute Gasteiger partial charge is 0.0826 e. The Hall–Kier alpha value is -0.730. The van der Waals surface area contributed by atoms with Crippen molar-refractivity contribution >= 4 is 17.3 Å². The van der Waals surface area contributed by atoms with E-state index in [-0.39, 0.29) is 6.10 Å². The van der Waals surface area contributed by atoms with Gasteiger partial charge >= 0.3 is 0 Å². The van der Waals surface area contributed by atoms with Crippen LogP contribution in [0.5, 0.6) is 0 Å². The Bertz CT molecular complexity index is 308. The molecule has 2 nitrogen and oxygen atoms in total. The number of rotatable bonds is 1. The highest BCUT2D eigenvalue weighted by Crippen LogP contribution is 2.31. The third kappa shape index (κ3) is 1.79. The minimum Gasteiger partial charge on any atom is -0.398 e. The Balaban J connectivity index is 2.25. The SMILES string of the molecule is Nc1cc(C2CCCO2)ccc1Cl. The first-order valence-corrected chi connectivity index (χ1v) is 4.81. The van der Waals surface area contributed by atoms with E-state index in [1.807, 2.05) is 18.2 Å². The molecule has 0 bridgehead atoms. The summed E-state index contributed by atoms with van der Waals surface area (Å²) in [4.78, 5) is 0. The summed E-state index contributed by atoms with van der Waals surface area (Å²) in [6.07, 6.45) is 2.44. The third-order valence-corrected chi connectivity index (χ3v) is 2.67. The van der Waals surface area contributed by atoms with Crippen molar-refractivity contribution in [3.8, 4) is 0 Å². The summed E-state index contributed by atoms with van der Waals surface area (Å²) in [6.45, 7) is 0.854. The summed E-state index contributed by atoms with van der Waals surface area (Å²) in [6, 6.07) is 5.71. The molecule has 70 valence electrons. The number of hydrogen-bond acceptors (Lipinski definition) is 2. The van der Waals surface area contributed by atoms with Crippen LogP contribution in [0, 0.1) is 0 Å². The van der Waals surface area contributed by atoms with Crippen LogP contribution in [0.15, 0.2) is 18.2 Å². The van der Waals surface area contributed by atoms with Gasteiger partial charge in [-0.05, 0) is 30.5 Å². The lowest BCUT2D eigenvalue weighted by Crippen LogP contribution is -1.97. The van der Waals surface area contributed by atoms with Gasteiger partial charge in [-0.25, -0.2) is 0 Å². The van der Waals surface area contributed by atoms with Crippen molar-refractivity contribution in [1.29, 1.82) is 0 Å².